The van der Waals surface area contributed by atoms with Crippen LogP contribution in [-0.2, 0) is 16.1 Å². The fourth-order valence-corrected chi connectivity index (χ4v) is 4.59. The van der Waals surface area contributed by atoms with Crippen LogP contribution in [0.5, 0.6) is 0 Å². The first-order chi connectivity index (χ1) is 16.0. The Morgan fingerprint density at radius 2 is 1.85 bits per heavy atom. The zero-order chi connectivity index (χ0) is 22.9. The number of aryl methyl sites for hydroxylation is 1. The second kappa shape index (κ2) is 8.67. The van der Waals surface area contributed by atoms with Crippen molar-refractivity contribution in [2.75, 3.05) is 23.3 Å². The summed E-state index contributed by atoms with van der Waals surface area (Å²) >= 11 is 0. The highest BCUT2D eigenvalue weighted by Crippen LogP contribution is 2.41. The van der Waals surface area contributed by atoms with Gasteiger partial charge >= 0.3 is 0 Å². The van der Waals surface area contributed by atoms with Crippen molar-refractivity contribution < 1.29 is 14.0 Å². The molecule has 2 heterocycles. The van der Waals surface area contributed by atoms with Crippen molar-refractivity contribution in [1.29, 1.82) is 0 Å². The smallest absolute Gasteiger partial charge is 0.245 e. The molecule has 2 aliphatic heterocycles. The highest BCUT2D eigenvalue weighted by Gasteiger charge is 2.46. The number of rotatable bonds is 5. The van der Waals surface area contributed by atoms with Gasteiger partial charge in [0.2, 0.25) is 11.8 Å². The largest absolute Gasteiger partial charge is 0.366 e. The standard InChI is InChI=1S/C26H25FN4O2/c1-17-7-10-20(11-8-17)28-24(32)16-31-26(33)22-15-30(14-18-5-3-2-4-6-18)23-12-9-19(27)13-21(23)25(22)29-31/h2-13,22,25,29H,14-16H2,1H3,(H,28,32). The van der Waals surface area contributed by atoms with E-state index in [1.54, 1.807) is 6.07 Å². The molecule has 0 spiro atoms. The Morgan fingerprint density at radius 3 is 2.61 bits per heavy atom. The molecule has 2 atom stereocenters. The number of anilines is 2. The van der Waals surface area contributed by atoms with E-state index < -0.39 is 5.92 Å². The van der Waals surface area contributed by atoms with Crippen LogP contribution in [0.1, 0.15) is 22.7 Å². The maximum absolute atomic E-state index is 14.2. The van der Waals surface area contributed by atoms with Gasteiger partial charge in [0.25, 0.3) is 0 Å². The zero-order valence-corrected chi connectivity index (χ0v) is 18.3. The lowest BCUT2D eigenvalue weighted by atomic mass is 9.88. The first-order valence-corrected chi connectivity index (χ1v) is 11.0. The number of halogens is 1. The summed E-state index contributed by atoms with van der Waals surface area (Å²) in [5.41, 5.74) is 7.68. The Kier molecular flexibility index (Phi) is 5.56. The second-order valence-electron chi connectivity index (χ2n) is 8.62. The molecule has 33 heavy (non-hydrogen) atoms. The van der Waals surface area contributed by atoms with E-state index >= 15 is 0 Å². The number of nitrogens with one attached hydrogen (secondary N) is 2. The molecule has 2 amide bonds. The lowest BCUT2D eigenvalue weighted by Gasteiger charge is -2.36. The first-order valence-electron chi connectivity index (χ1n) is 11.0. The molecular formula is C26H25FN4O2. The SMILES string of the molecule is Cc1ccc(NC(=O)CN2NC3c4cc(F)ccc4N(Cc4ccccc4)CC3C2=O)cc1. The molecule has 0 radical (unpaired) electrons. The summed E-state index contributed by atoms with van der Waals surface area (Å²) in [5.74, 6) is -1.21. The van der Waals surface area contributed by atoms with E-state index in [1.165, 1.54) is 17.1 Å². The average Bonchev–Trinajstić information content (AvgIpc) is 3.11. The molecule has 2 N–H and O–H groups in total. The number of carbonyl (C=O) groups is 2. The number of fused-ring (bicyclic) bond motifs is 3. The lowest BCUT2D eigenvalue weighted by molar-refractivity contribution is -0.135. The van der Waals surface area contributed by atoms with Crippen molar-refractivity contribution in [2.45, 2.75) is 19.5 Å². The van der Waals surface area contributed by atoms with Crippen LogP contribution in [-0.4, -0.2) is 29.9 Å². The summed E-state index contributed by atoms with van der Waals surface area (Å²) in [6.07, 6.45) is 0. The van der Waals surface area contributed by atoms with Crippen LogP contribution in [0.3, 0.4) is 0 Å². The number of amides is 2. The lowest BCUT2D eigenvalue weighted by Crippen LogP contribution is -2.41. The van der Waals surface area contributed by atoms with E-state index in [1.807, 2.05) is 61.5 Å². The Hall–Kier alpha value is -3.71. The van der Waals surface area contributed by atoms with E-state index in [-0.39, 0.29) is 30.2 Å². The van der Waals surface area contributed by atoms with Crippen LogP contribution < -0.4 is 15.6 Å². The summed E-state index contributed by atoms with van der Waals surface area (Å²) in [7, 11) is 0. The van der Waals surface area contributed by atoms with Crippen LogP contribution in [0.15, 0.2) is 72.8 Å². The summed E-state index contributed by atoms with van der Waals surface area (Å²) in [5, 5.41) is 4.19. The number of carbonyl (C=O) groups excluding carboxylic acids is 2. The normalized spacial score (nSPS) is 19.3. The molecule has 3 aromatic carbocycles. The molecule has 3 aromatic rings. The third-order valence-corrected chi connectivity index (χ3v) is 6.22. The van der Waals surface area contributed by atoms with Gasteiger partial charge in [0, 0.05) is 24.5 Å². The van der Waals surface area contributed by atoms with Gasteiger partial charge in [0.1, 0.15) is 12.4 Å². The van der Waals surface area contributed by atoms with Crippen molar-refractivity contribution in [2.24, 2.45) is 5.92 Å². The Morgan fingerprint density at radius 1 is 1.09 bits per heavy atom. The van der Waals surface area contributed by atoms with Gasteiger partial charge in [-0.3, -0.25) is 14.6 Å². The minimum absolute atomic E-state index is 0.122. The number of hydrogen-bond acceptors (Lipinski definition) is 4. The Labute approximate surface area is 192 Å². The summed E-state index contributed by atoms with van der Waals surface area (Å²) in [6, 6.07) is 21.8. The molecule has 0 bridgehead atoms. The summed E-state index contributed by atoms with van der Waals surface area (Å²) in [4.78, 5) is 27.9. The van der Waals surface area contributed by atoms with Gasteiger partial charge in [-0.25, -0.2) is 9.82 Å². The van der Waals surface area contributed by atoms with Gasteiger partial charge < -0.3 is 10.2 Å². The molecule has 0 saturated carbocycles. The van der Waals surface area contributed by atoms with Gasteiger partial charge in [-0.15, -0.1) is 0 Å². The zero-order valence-electron chi connectivity index (χ0n) is 18.3. The van der Waals surface area contributed by atoms with E-state index in [9.17, 15) is 14.0 Å². The van der Waals surface area contributed by atoms with Crippen LogP contribution >= 0.6 is 0 Å². The molecule has 168 valence electrons. The third kappa shape index (κ3) is 4.32. The van der Waals surface area contributed by atoms with Crippen LogP contribution in [0.4, 0.5) is 15.8 Å². The average molecular weight is 445 g/mol. The van der Waals surface area contributed by atoms with Crippen LogP contribution in [0, 0.1) is 18.7 Å². The predicted molar refractivity (Wildman–Crippen MR) is 125 cm³/mol. The van der Waals surface area contributed by atoms with Gasteiger partial charge in [-0.1, -0.05) is 48.0 Å². The van der Waals surface area contributed by atoms with Crippen LogP contribution in [0.2, 0.25) is 0 Å². The van der Waals surface area contributed by atoms with E-state index in [4.69, 9.17) is 0 Å². The van der Waals surface area contributed by atoms with Crippen molar-refractivity contribution >= 4 is 23.2 Å². The maximum Gasteiger partial charge on any atom is 0.245 e. The van der Waals surface area contributed by atoms with E-state index in [0.29, 0.717) is 18.8 Å². The number of nitrogens with zero attached hydrogens (tertiary/aromatic N) is 2. The predicted octanol–water partition coefficient (Wildman–Crippen LogP) is 3.80. The molecule has 6 nitrogen and oxygen atoms in total. The summed E-state index contributed by atoms with van der Waals surface area (Å²) < 4.78 is 14.2. The van der Waals surface area contributed by atoms with Crippen molar-refractivity contribution in [3.63, 3.8) is 0 Å². The topological polar surface area (TPSA) is 64.7 Å². The fourth-order valence-electron chi connectivity index (χ4n) is 4.59. The highest BCUT2D eigenvalue weighted by molar-refractivity contribution is 5.95. The molecule has 7 heteroatoms. The Balaban J connectivity index is 1.35. The quantitative estimate of drug-likeness (QED) is 0.629. The van der Waals surface area contributed by atoms with E-state index in [0.717, 1.165) is 22.4 Å². The van der Waals surface area contributed by atoms with Gasteiger partial charge in [0.15, 0.2) is 0 Å². The fraction of sp³-hybridized carbons (Fsp3) is 0.231. The second-order valence-corrected chi connectivity index (χ2v) is 8.62. The minimum Gasteiger partial charge on any atom is -0.366 e. The first kappa shape index (κ1) is 21.2. The van der Waals surface area contributed by atoms with Crippen molar-refractivity contribution in [3.05, 3.63) is 95.3 Å². The third-order valence-electron chi connectivity index (χ3n) is 6.22. The molecule has 2 aliphatic rings. The number of benzene rings is 3. The van der Waals surface area contributed by atoms with Gasteiger partial charge in [-0.05, 0) is 48.4 Å². The highest BCUT2D eigenvalue weighted by atomic mass is 19.1. The number of hydrogen-bond donors (Lipinski definition) is 2. The summed E-state index contributed by atoms with van der Waals surface area (Å²) in [6.45, 7) is 2.95. The minimum atomic E-state index is -0.407. The van der Waals surface area contributed by atoms with Crippen molar-refractivity contribution in [1.82, 2.24) is 10.4 Å². The van der Waals surface area contributed by atoms with E-state index in [2.05, 4.69) is 15.6 Å². The molecular weight excluding hydrogens is 419 g/mol. The molecule has 0 aromatic heterocycles. The molecule has 1 fully saturated rings. The van der Waals surface area contributed by atoms with Gasteiger partial charge in [0.05, 0.1) is 12.0 Å². The maximum atomic E-state index is 14.2. The molecule has 0 aliphatic carbocycles. The van der Waals surface area contributed by atoms with Crippen molar-refractivity contribution in [3.8, 4) is 0 Å². The molecule has 2 unspecified atom stereocenters. The molecule has 5 rings (SSSR count). The van der Waals surface area contributed by atoms with Crippen LogP contribution in [0.25, 0.3) is 0 Å². The number of hydrazine groups is 1. The Bertz CT molecular complexity index is 1180. The van der Waals surface area contributed by atoms with Gasteiger partial charge in [-0.2, -0.15) is 0 Å². The molecule has 1 saturated heterocycles. The monoisotopic (exact) mass is 444 g/mol.